The van der Waals surface area contributed by atoms with Crippen molar-refractivity contribution in [1.82, 2.24) is 4.72 Å². The van der Waals surface area contributed by atoms with E-state index in [1.807, 2.05) is 0 Å². The van der Waals surface area contributed by atoms with Crippen molar-refractivity contribution in [3.63, 3.8) is 0 Å². The summed E-state index contributed by atoms with van der Waals surface area (Å²) in [5.74, 6) is -1.84. The molecule has 0 unspecified atom stereocenters. The molecule has 1 aliphatic rings. The van der Waals surface area contributed by atoms with Crippen molar-refractivity contribution in [1.29, 1.82) is 0 Å². The molecule has 2 rings (SSSR count). The van der Waals surface area contributed by atoms with Crippen LogP contribution in [0.25, 0.3) is 0 Å². The van der Waals surface area contributed by atoms with Crippen LogP contribution in [0.4, 0.5) is 8.78 Å². The normalized spacial score (nSPS) is 24.4. The molecule has 17 heavy (non-hydrogen) atoms. The van der Waals surface area contributed by atoms with Gasteiger partial charge in [0, 0.05) is 18.2 Å². The molecule has 1 fully saturated rings. The lowest BCUT2D eigenvalue weighted by Gasteiger charge is -2.32. The third kappa shape index (κ3) is 2.80. The van der Waals surface area contributed by atoms with Crippen LogP contribution in [-0.4, -0.2) is 20.5 Å². The summed E-state index contributed by atoms with van der Waals surface area (Å²) in [4.78, 5) is -0.407. The SMILES string of the molecule is NC1CC(NS(=O)(=O)c2cc(F)cc(F)c2)C1. The van der Waals surface area contributed by atoms with Gasteiger partial charge in [-0.25, -0.2) is 21.9 Å². The van der Waals surface area contributed by atoms with Crippen LogP contribution in [0.3, 0.4) is 0 Å². The highest BCUT2D eigenvalue weighted by atomic mass is 32.2. The van der Waals surface area contributed by atoms with E-state index in [4.69, 9.17) is 5.73 Å². The Labute approximate surface area is 97.9 Å². The Morgan fingerprint density at radius 3 is 2.18 bits per heavy atom. The van der Waals surface area contributed by atoms with E-state index < -0.39 is 26.6 Å². The summed E-state index contributed by atoms with van der Waals surface area (Å²) in [5.41, 5.74) is 5.52. The number of hydrogen-bond donors (Lipinski definition) is 2. The molecule has 4 nitrogen and oxygen atoms in total. The number of halogens is 2. The molecule has 3 N–H and O–H groups in total. The zero-order valence-electron chi connectivity index (χ0n) is 8.86. The second-order valence-corrected chi connectivity index (χ2v) is 5.87. The fourth-order valence-electron chi connectivity index (χ4n) is 1.73. The predicted octanol–water partition coefficient (Wildman–Crippen LogP) is 0.733. The second kappa shape index (κ2) is 4.32. The first-order valence-corrected chi connectivity index (χ1v) is 6.59. The van der Waals surface area contributed by atoms with Crippen molar-refractivity contribution in [2.75, 3.05) is 0 Å². The Hall–Kier alpha value is -1.05. The van der Waals surface area contributed by atoms with Crippen molar-refractivity contribution >= 4 is 10.0 Å². The molecule has 0 atom stereocenters. The van der Waals surface area contributed by atoms with E-state index in [1.54, 1.807) is 0 Å². The van der Waals surface area contributed by atoms with Gasteiger partial charge in [0.15, 0.2) is 0 Å². The van der Waals surface area contributed by atoms with E-state index in [0.29, 0.717) is 18.9 Å². The summed E-state index contributed by atoms with van der Waals surface area (Å²) < 4.78 is 51.7. The summed E-state index contributed by atoms with van der Waals surface area (Å²) in [6, 6.07) is 1.93. The number of sulfonamides is 1. The fraction of sp³-hybridized carbons (Fsp3) is 0.400. The van der Waals surface area contributed by atoms with E-state index in [2.05, 4.69) is 4.72 Å². The van der Waals surface area contributed by atoms with Crippen LogP contribution < -0.4 is 10.5 Å². The maximum absolute atomic E-state index is 12.9. The Morgan fingerprint density at radius 1 is 1.18 bits per heavy atom. The monoisotopic (exact) mass is 262 g/mol. The minimum Gasteiger partial charge on any atom is -0.328 e. The standard InChI is InChI=1S/C10H12F2N2O2S/c11-6-1-7(12)3-10(2-6)17(15,16)14-9-4-8(13)5-9/h1-3,8-9,14H,4-5,13H2. The van der Waals surface area contributed by atoms with Gasteiger partial charge in [0.1, 0.15) is 11.6 Å². The molecule has 0 bridgehead atoms. The van der Waals surface area contributed by atoms with Crippen LogP contribution in [0.1, 0.15) is 12.8 Å². The van der Waals surface area contributed by atoms with Crippen molar-refractivity contribution in [2.24, 2.45) is 5.73 Å². The van der Waals surface area contributed by atoms with Gasteiger partial charge in [0.2, 0.25) is 10.0 Å². The molecule has 0 aromatic heterocycles. The molecule has 1 saturated carbocycles. The second-order valence-electron chi connectivity index (χ2n) is 4.15. The quantitative estimate of drug-likeness (QED) is 0.843. The lowest BCUT2D eigenvalue weighted by atomic mass is 9.89. The minimum atomic E-state index is -3.87. The minimum absolute atomic E-state index is 0.00746. The van der Waals surface area contributed by atoms with Crippen molar-refractivity contribution in [3.05, 3.63) is 29.8 Å². The summed E-state index contributed by atoms with van der Waals surface area (Å²) in [6.07, 6.45) is 1.08. The third-order valence-corrected chi connectivity index (χ3v) is 4.14. The molecule has 0 spiro atoms. The fourth-order valence-corrected chi connectivity index (χ4v) is 3.03. The number of nitrogens with one attached hydrogen (secondary N) is 1. The average molecular weight is 262 g/mol. The summed E-state index contributed by atoms with van der Waals surface area (Å²) >= 11 is 0. The highest BCUT2D eigenvalue weighted by Crippen LogP contribution is 2.21. The maximum Gasteiger partial charge on any atom is 0.241 e. The summed E-state index contributed by atoms with van der Waals surface area (Å²) in [6.45, 7) is 0. The molecule has 0 saturated heterocycles. The number of benzene rings is 1. The zero-order valence-corrected chi connectivity index (χ0v) is 9.68. The van der Waals surface area contributed by atoms with Gasteiger partial charge < -0.3 is 5.73 Å². The van der Waals surface area contributed by atoms with Crippen LogP contribution in [0.15, 0.2) is 23.1 Å². The Kier molecular flexibility index (Phi) is 3.15. The highest BCUT2D eigenvalue weighted by molar-refractivity contribution is 7.89. The van der Waals surface area contributed by atoms with E-state index in [1.165, 1.54) is 0 Å². The summed E-state index contributed by atoms with van der Waals surface area (Å²) in [5, 5.41) is 0. The average Bonchev–Trinajstić information content (AvgIpc) is 2.13. The molecular formula is C10H12F2N2O2S. The van der Waals surface area contributed by atoms with Crippen LogP contribution >= 0.6 is 0 Å². The van der Waals surface area contributed by atoms with E-state index >= 15 is 0 Å². The lowest BCUT2D eigenvalue weighted by molar-refractivity contribution is 0.327. The van der Waals surface area contributed by atoms with E-state index in [9.17, 15) is 17.2 Å². The van der Waals surface area contributed by atoms with Gasteiger partial charge in [-0.1, -0.05) is 0 Å². The smallest absolute Gasteiger partial charge is 0.241 e. The number of hydrogen-bond acceptors (Lipinski definition) is 3. The Bertz CT molecular complexity index is 507. The van der Waals surface area contributed by atoms with Crippen LogP contribution in [0.5, 0.6) is 0 Å². The van der Waals surface area contributed by atoms with E-state index in [-0.39, 0.29) is 12.1 Å². The van der Waals surface area contributed by atoms with Crippen molar-refractivity contribution in [2.45, 2.75) is 29.8 Å². The molecule has 1 aromatic rings. The van der Waals surface area contributed by atoms with Crippen LogP contribution in [-0.2, 0) is 10.0 Å². The van der Waals surface area contributed by atoms with Gasteiger partial charge in [-0.05, 0) is 25.0 Å². The zero-order chi connectivity index (χ0) is 12.6. The first-order valence-electron chi connectivity index (χ1n) is 5.11. The van der Waals surface area contributed by atoms with Gasteiger partial charge in [-0.3, -0.25) is 0 Å². The number of rotatable bonds is 3. The molecule has 0 heterocycles. The first-order chi connectivity index (χ1) is 7.87. The Morgan fingerprint density at radius 2 is 1.71 bits per heavy atom. The van der Waals surface area contributed by atoms with Crippen molar-refractivity contribution in [3.8, 4) is 0 Å². The van der Waals surface area contributed by atoms with Crippen LogP contribution in [0.2, 0.25) is 0 Å². The third-order valence-electron chi connectivity index (χ3n) is 2.64. The van der Waals surface area contributed by atoms with Gasteiger partial charge in [0.25, 0.3) is 0 Å². The van der Waals surface area contributed by atoms with Gasteiger partial charge in [0.05, 0.1) is 4.90 Å². The maximum atomic E-state index is 12.9. The molecule has 0 aliphatic heterocycles. The van der Waals surface area contributed by atoms with Crippen LogP contribution in [0, 0.1) is 11.6 Å². The summed E-state index contributed by atoms with van der Waals surface area (Å²) in [7, 11) is -3.87. The largest absolute Gasteiger partial charge is 0.328 e. The topological polar surface area (TPSA) is 72.2 Å². The van der Waals surface area contributed by atoms with Gasteiger partial charge >= 0.3 is 0 Å². The lowest BCUT2D eigenvalue weighted by Crippen LogP contribution is -2.50. The molecule has 0 amide bonds. The molecule has 94 valence electrons. The predicted molar refractivity (Wildman–Crippen MR) is 57.7 cm³/mol. The first kappa shape index (κ1) is 12.4. The molecular weight excluding hydrogens is 250 g/mol. The molecule has 7 heteroatoms. The highest BCUT2D eigenvalue weighted by Gasteiger charge is 2.30. The van der Waals surface area contributed by atoms with Gasteiger partial charge in [-0.15, -0.1) is 0 Å². The number of nitrogens with two attached hydrogens (primary N) is 1. The Balaban J connectivity index is 2.19. The van der Waals surface area contributed by atoms with E-state index in [0.717, 1.165) is 12.1 Å². The van der Waals surface area contributed by atoms with Crippen molar-refractivity contribution < 1.29 is 17.2 Å². The van der Waals surface area contributed by atoms with Gasteiger partial charge in [-0.2, -0.15) is 0 Å². The molecule has 0 radical (unpaired) electrons. The molecule has 1 aromatic carbocycles. The molecule has 1 aliphatic carbocycles.